The summed E-state index contributed by atoms with van der Waals surface area (Å²) in [6, 6.07) is 8.19. The van der Waals surface area contributed by atoms with Crippen molar-refractivity contribution in [2.45, 2.75) is 26.3 Å². The van der Waals surface area contributed by atoms with E-state index in [-0.39, 0.29) is 18.2 Å². The summed E-state index contributed by atoms with van der Waals surface area (Å²) in [4.78, 5) is 37.3. The Labute approximate surface area is 139 Å². The smallest absolute Gasteiger partial charge is 0.254 e. The molecule has 7 heteroatoms. The van der Waals surface area contributed by atoms with Crippen LogP contribution in [-0.2, 0) is 9.59 Å². The van der Waals surface area contributed by atoms with Gasteiger partial charge in [0.2, 0.25) is 11.8 Å². The van der Waals surface area contributed by atoms with E-state index in [1.807, 2.05) is 13.0 Å². The van der Waals surface area contributed by atoms with E-state index in [0.717, 1.165) is 11.4 Å². The van der Waals surface area contributed by atoms with Crippen LogP contribution in [0.15, 0.2) is 36.5 Å². The molecule has 1 fully saturated rings. The van der Waals surface area contributed by atoms with Gasteiger partial charge in [0.1, 0.15) is 6.04 Å². The minimum Gasteiger partial charge on any atom is -0.326 e. The molecule has 3 amide bonds. The molecule has 2 heterocycles. The van der Waals surface area contributed by atoms with Crippen LogP contribution >= 0.6 is 0 Å². The van der Waals surface area contributed by atoms with Gasteiger partial charge < -0.3 is 4.90 Å². The Bertz CT molecular complexity index is 794. The fourth-order valence-electron chi connectivity index (χ4n) is 2.85. The number of hydrogen-bond donors (Lipinski definition) is 1. The van der Waals surface area contributed by atoms with Crippen molar-refractivity contribution in [2.75, 3.05) is 6.54 Å². The lowest BCUT2D eigenvalue weighted by atomic mass is 10.1. The highest BCUT2D eigenvalue weighted by Crippen LogP contribution is 2.17. The molecule has 1 N–H and O–H groups in total. The number of carbonyl (C=O) groups excluding carboxylic acids is 3. The summed E-state index contributed by atoms with van der Waals surface area (Å²) in [5, 5.41) is 6.46. The number of likely N-dealkylation sites (N-methyl/N-ethyl adjacent to an activating group) is 1. The summed E-state index contributed by atoms with van der Waals surface area (Å²) in [5.41, 5.74) is 2.31. The van der Waals surface area contributed by atoms with Crippen molar-refractivity contribution in [3.63, 3.8) is 0 Å². The number of amides is 3. The fourth-order valence-corrected chi connectivity index (χ4v) is 2.85. The zero-order chi connectivity index (χ0) is 17.3. The van der Waals surface area contributed by atoms with Crippen molar-refractivity contribution in [1.29, 1.82) is 0 Å². The minimum atomic E-state index is -0.733. The molecule has 3 rings (SSSR count). The van der Waals surface area contributed by atoms with E-state index in [4.69, 9.17) is 0 Å². The lowest BCUT2D eigenvalue weighted by Gasteiger charge is -2.25. The largest absolute Gasteiger partial charge is 0.326 e. The van der Waals surface area contributed by atoms with E-state index in [0.29, 0.717) is 12.1 Å². The van der Waals surface area contributed by atoms with E-state index in [1.165, 1.54) is 4.90 Å². The Hall–Kier alpha value is -2.96. The van der Waals surface area contributed by atoms with Crippen LogP contribution in [0.1, 0.15) is 29.4 Å². The molecule has 7 nitrogen and oxygen atoms in total. The second-order valence-electron chi connectivity index (χ2n) is 5.65. The zero-order valence-electron chi connectivity index (χ0n) is 13.5. The lowest BCUT2D eigenvalue weighted by molar-refractivity contribution is -0.126. The van der Waals surface area contributed by atoms with Crippen molar-refractivity contribution >= 4 is 17.7 Å². The van der Waals surface area contributed by atoms with Gasteiger partial charge in [-0.1, -0.05) is 0 Å². The summed E-state index contributed by atoms with van der Waals surface area (Å²) in [5.74, 6) is -1.03. The topological polar surface area (TPSA) is 84.3 Å². The number of aryl methyl sites for hydroxylation is 1. The first-order chi connectivity index (χ1) is 11.5. The van der Waals surface area contributed by atoms with E-state index in [9.17, 15) is 14.4 Å². The monoisotopic (exact) mass is 326 g/mol. The third-order valence-corrected chi connectivity index (χ3v) is 4.11. The van der Waals surface area contributed by atoms with E-state index >= 15 is 0 Å². The molecule has 1 aromatic carbocycles. The molecule has 0 bridgehead atoms. The third-order valence-electron chi connectivity index (χ3n) is 4.11. The molecule has 1 aromatic heterocycles. The molecule has 24 heavy (non-hydrogen) atoms. The first kappa shape index (κ1) is 15.9. The maximum Gasteiger partial charge on any atom is 0.254 e. The molecule has 2 aromatic rings. The van der Waals surface area contributed by atoms with Crippen molar-refractivity contribution in [1.82, 2.24) is 20.0 Å². The van der Waals surface area contributed by atoms with Crippen LogP contribution in [0, 0.1) is 6.92 Å². The van der Waals surface area contributed by atoms with Gasteiger partial charge in [-0.3, -0.25) is 19.7 Å². The molecule has 0 unspecified atom stereocenters. The highest BCUT2D eigenvalue weighted by molar-refractivity contribution is 6.08. The van der Waals surface area contributed by atoms with Gasteiger partial charge in [-0.2, -0.15) is 5.10 Å². The maximum atomic E-state index is 12.7. The molecule has 0 aliphatic carbocycles. The number of nitrogens with zero attached hydrogens (tertiary/aromatic N) is 3. The predicted octanol–water partition coefficient (Wildman–Crippen LogP) is 1.06. The number of aromatic nitrogens is 2. The van der Waals surface area contributed by atoms with Crippen LogP contribution < -0.4 is 5.32 Å². The standard InChI is InChI=1S/C17H18N4O3/c1-3-20(14-10-15(22)19-16(14)23)17(24)12-4-6-13(7-5-12)21-11(2)8-9-18-21/h4-9,14H,3,10H2,1-2H3,(H,19,22,23)/t14-/m1/s1. The first-order valence-corrected chi connectivity index (χ1v) is 7.77. The predicted molar refractivity (Wildman–Crippen MR) is 86.6 cm³/mol. The SMILES string of the molecule is CCN(C(=O)c1ccc(-n2nccc2C)cc1)[C@@H]1CC(=O)NC1=O. The average molecular weight is 326 g/mol. The van der Waals surface area contributed by atoms with Gasteiger partial charge in [0, 0.05) is 24.0 Å². The molecule has 0 spiro atoms. The third kappa shape index (κ3) is 2.80. The zero-order valence-corrected chi connectivity index (χ0v) is 13.5. The molecular weight excluding hydrogens is 308 g/mol. The Morgan fingerprint density at radius 1 is 1.29 bits per heavy atom. The van der Waals surface area contributed by atoms with Gasteiger partial charge in [-0.05, 0) is 44.2 Å². The molecule has 0 saturated carbocycles. The summed E-state index contributed by atoms with van der Waals surface area (Å²) in [6.45, 7) is 4.08. The first-order valence-electron chi connectivity index (χ1n) is 7.77. The van der Waals surface area contributed by atoms with Crippen LogP contribution in [0.25, 0.3) is 5.69 Å². The van der Waals surface area contributed by atoms with Gasteiger partial charge in [0.15, 0.2) is 0 Å². The molecular formula is C17H18N4O3. The minimum absolute atomic E-state index is 0.0168. The summed E-state index contributed by atoms with van der Waals surface area (Å²) in [6.07, 6.45) is 1.73. The summed E-state index contributed by atoms with van der Waals surface area (Å²) >= 11 is 0. The fraction of sp³-hybridized carbons (Fsp3) is 0.294. The molecule has 1 saturated heterocycles. The van der Waals surface area contributed by atoms with Crippen molar-refractivity contribution < 1.29 is 14.4 Å². The van der Waals surface area contributed by atoms with Crippen molar-refractivity contribution in [3.8, 4) is 5.69 Å². The van der Waals surface area contributed by atoms with Crippen molar-refractivity contribution in [3.05, 3.63) is 47.8 Å². The Balaban J connectivity index is 1.82. The van der Waals surface area contributed by atoms with Crippen LogP contribution in [0.4, 0.5) is 0 Å². The highest BCUT2D eigenvalue weighted by Gasteiger charge is 2.37. The van der Waals surface area contributed by atoms with Gasteiger partial charge in [0.25, 0.3) is 5.91 Å². The normalized spacial score (nSPS) is 17.0. The molecule has 1 aliphatic heterocycles. The molecule has 0 radical (unpaired) electrons. The number of rotatable bonds is 4. The van der Waals surface area contributed by atoms with Gasteiger partial charge in [-0.15, -0.1) is 0 Å². The van der Waals surface area contributed by atoms with Gasteiger partial charge >= 0.3 is 0 Å². The van der Waals surface area contributed by atoms with E-state index in [1.54, 1.807) is 42.1 Å². The maximum absolute atomic E-state index is 12.7. The summed E-state index contributed by atoms with van der Waals surface area (Å²) < 4.78 is 1.77. The van der Waals surface area contributed by atoms with Crippen LogP contribution in [0.2, 0.25) is 0 Å². The Morgan fingerprint density at radius 3 is 2.50 bits per heavy atom. The number of benzene rings is 1. The number of imide groups is 1. The second-order valence-corrected chi connectivity index (χ2v) is 5.65. The molecule has 1 atom stereocenters. The molecule has 124 valence electrons. The second kappa shape index (κ2) is 6.27. The van der Waals surface area contributed by atoms with E-state index < -0.39 is 11.9 Å². The van der Waals surface area contributed by atoms with Crippen LogP contribution in [-0.4, -0.2) is 45.0 Å². The van der Waals surface area contributed by atoms with Crippen LogP contribution in [0.5, 0.6) is 0 Å². The van der Waals surface area contributed by atoms with Crippen molar-refractivity contribution in [2.24, 2.45) is 0 Å². The number of nitrogens with one attached hydrogen (secondary N) is 1. The Morgan fingerprint density at radius 2 is 2.00 bits per heavy atom. The quantitative estimate of drug-likeness (QED) is 0.852. The Kier molecular flexibility index (Phi) is 4.16. The summed E-state index contributed by atoms with van der Waals surface area (Å²) in [7, 11) is 0. The van der Waals surface area contributed by atoms with Gasteiger partial charge in [-0.25, -0.2) is 4.68 Å². The lowest BCUT2D eigenvalue weighted by Crippen LogP contribution is -2.44. The number of carbonyl (C=O) groups is 3. The molecule has 1 aliphatic rings. The highest BCUT2D eigenvalue weighted by atomic mass is 16.2. The number of hydrogen-bond acceptors (Lipinski definition) is 4. The van der Waals surface area contributed by atoms with Crippen LogP contribution in [0.3, 0.4) is 0 Å². The van der Waals surface area contributed by atoms with Gasteiger partial charge in [0.05, 0.1) is 12.1 Å². The average Bonchev–Trinajstić information content (AvgIpc) is 3.14. The van der Waals surface area contributed by atoms with E-state index in [2.05, 4.69) is 10.4 Å².